The van der Waals surface area contributed by atoms with Crippen LogP contribution in [0.3, 0.4) is 0 Å². The molecule has 25 nitrogen and oxygen atoms in total. The molecule has 0 aliphatic carbocycles. The molecule has 95 heavy (non-hydrogen) atoms. The molecule has 0 spiro atoms. The number of unbranched alkanes of at least 4 members (excludes halogenated alkanes) is 33. The van der Waals surface area contributed by atoms with E-state index in [1.165, 1.54) is 173 Å². The first-order valence-electron chi connectivity index (χ1n) is 36.9. The molecule has 0 saturated carbocycles. The van der Waals surface area contributed by atoms with Gasteiger partial charge in [-0.05, 0) is 19.3 Å². The predicted molar refractivity (Wildman–Crippen MR) is 354 cm³/mol. The molecule has 0 aromatic heterocycles. The molecule has 25 heteroatoms. The van der Waals surface area contributed by atoms with E-state index in [0.717, 1.165) is 45.4 Å². The summed E-state index contributed by atoms with van der Waals surface area (Å²) >= 11 is 0. The quantitative estimate of drug-likeness (QED) is 0.0284. The third-order valence-electron chi connectivity index (χ3n) is 19.1. The van der Waals surface area contributed by atoms with Crippen molar-refractivity contribution in [2.24, 2.45) is 0 Å². The van der Waals surface area contributed by atoms with Crippen LogP contribution in [0.5, 0.6) is 0 Å². The monoisotopic (exact) mass is 1370 g/mol. The molecule has 0 aromatic carbocycles. The van der Waals surface area contributed by atoms with Crippen molar-refractivity contribution in [1.29, 1.82) is 0 Å². The second-order valence-electron chi connectivity index (χ2n) is 27.1. The highest BCUT2D eigenvalue weighted by molar-refractivity contribution is 5.76. The molecule has 22 atom stereocenters. The molecule has 4 fully saturated rings. The molecule has 4 aliphatic heterocycles. The number of aliphatic hydroxyl groups excluding tert-OH is 13. The highest BCUT2D eigenvalue weighted by atomic mass is 16.8. The number of aliphatic hydroxyl groups is 13. The smallest absolute Gasteiger partial charge is 0.220 e. The second-order valence-corrected chi connectivity index (χ2v) is 27.1. The minimum absolute atomic E-state index is 0.220. The van der Waals surface area contributed by atoms with Crippen molar-refractivity contribution in [3.63, 3.8) is 0 Å². The number of ether oxygens (including phenoxy) is 8. The summed E-state index contributed by atoms with van der Waals surface area (Å²) in [5.41, 5.74) is 0. The Kier molecular flexibility index (Phi) is 45.1. The van der Waals surface area contributed by atoms with Crippen molar-refractivity contribution in [3.8, 4) is 0 Å². The van der Waals surface area contributed by atoms with Crippen molar-refractivity contribution in [3.05, 3.63) is 12.2 Å². The lowest BCUT2D eigenvalue weighted by Crippen LogP contribution is -2.69. The van der Waals surface area contributed by atoms with Crippen LogP contribution in [0.1, 0.15) is 252 Å². The summed E-state index contributed by atoms with van der Waals surface area (Å²) in [6, 6.07) is -2.63. The molecule has 4 heterocycles. The molecule has 4 aliphatic rings. The van der Waals surface area contributed by atoms with Gasteiger partial charge in [0, 0.05) is 13.3 Å². The summed E-state index contributed by atoms with van der Waals surface area (Å²) in [6.45, 7) is 1.67. The second kappa shape index (κ2) is 50.2. The number of nitrogens with one attached hydrogen (secondary N) is 2. The summed E-state index contributed by atoms with van der Waals surface area (Å²) < 4.78 is 46.7. The van der Waals surface area contributed by atoms with Gasteiger partial charge in [0.1, 0.15) is 97.6 Å². The van der Waals surface area contributed by atoms with Gasteiger partial charge >= 0.3 is 0 Å². The van der Waals surface area contributed by atoms with Gasteiger partial charge in [-0.15, -0.1) is 0 Å². The zero-order chi connectivity index (χ0) is 69.3. The number of rotatable bonds is 53. The van der Waals surface area contributed by atoms with Crippen LogP contribution in [-0.2, 0) is 47.5 Å². The van der Waals surface area contributed by atoms with E-state index in [1.807, 2.05) is 6.08 Å². The van der Waals surface area contributed by atoms with Gasteiger partial charge in [-0.25, -0.2) is 0 Å². The molecule has 15 N–H and O–H groups in total. The Labute approximate surface area is 566 Å². The molecule has 3 unspecified atom stereocenters. The Morgan fingerprint density at radius 2 is 0.747 bits per heavy atom. The van der Waals surface area contributed by atoms with Crippen molar-refractivity contribution in [2.45, 2.75) is 387 Å². The number of allylic oxidation sites excluding steroid dienone is 1. The Morgan fingerprint density at radius 3 is 1.16 bits per heavy atom. The minimum atomic E-state index is -2.08. The Bertz CT molecular complexity index is 1960. The van der Waals surface area contributed by atoms with Gasteiger partial charge in [0.15, 0.2) is 25.2 Å². The molecule has 0 aromatic rings. The van der Waals surface area contributed by atoms with Crippen LogP contribution in [0.15, 0.2) is 12.2 Å². The fraction of sp³-hybridized carbons (Fsp3) is 0.943. The van der Waals surface area contributed by atoms with E-state index in [0.29, 0.717) is 12.8 Å². The number of carbonyl (C=O) groups is 2. The minimum Gasteiger partial charge on any atom is -0.394 e. The van der Waals surface area contributed by atoms with Crippen LogP contribution in [0.2, 0.25) is 0 Å². The van der Waals surface area contributed by atoms with Crippen LogP contribution < -0.4 is 10.6 Å². The average molecular weight is 1370 g/mol. The van der Waals surface area contributed by atoms with Gasteiger partial charge in [0.2, 0.25) is 11.8 Å². The topological polar surface area (TPSA) is 395 Å². The first-order valence-corrected chi connectivity index (χ1v) is 36.9. The van der Waals surface area contributed by atoms with Crippen LogP contribution >= 0.6 is 0 Å². The van der Waals surface area contributed by atoms with E-state index in [2.05, 4.69) is 24.5 Å². The lowest BCUT2D eigenvalue weighted by molar-refractivity contribution is -0.380. The summed E-state index contributed by atoms with van der Waals surface area (Å²) in [5, 5.41) is 147. The number of amides is 2. The first-order chi connectivity index (χ1) is 46.0. The van der Waals surface area contributed by atoms with Gasteiger partial charge < -0.3 is 115 Å². The fourth-order valence-electron chi connectivity index (χ4n) is 13.1. The largest absolute Gasteiger partial charge is 0.394 e. The van der Waals surface area contributed by atoms with Gasteiger partial charge in [-0.1, -0.05) is 231 Å². The highest BCUT2D eigenvalue weighted by Crippen LogP contribution is 2.35. The Hall–Kier alpha value is -2.16. The van der Waals surface area contributed by atoms with Crippen LogP contribution in [0, 0.1) is 0 Å². The number of carbonyl (C=O) groups excluding carboxylic acids is 2. The van der Waals surface area contributed by atoms with Crippen molar-refractivity contribution >= 4 is 11.8 Å². The Morgan fingerprint density at radius 1 is 0.411 bits per heavy atom. The van der Waals surface area contributed by atoms with Crippen LogP contribution in [0.4, 0.5) is 0 Å². The maximum absolute atomic E-state index is 13.5. The van der Waals surface area contributed by atoms with E-state index in [-0.39, 0.29) is 18.9 Å². The molecule has 4 rings (SSSR count). The average Bonchev–Trinajstić information content (AvgIpc) is 0.782. The lowest BCUT2D eigenvalue weighted by Gasteiger charge is -2.50. The highest BCUT2D eigenvalue weighted by Gasteiger charge is 2.56. The third-order valence-corrected chi connectivity index (χ3v) is 19.1. The fourth-order valence-corrected chi connectivity index (χ4v) is 13.1. The lowest BCUT2D eigenvalue weighted by atomic mass is 9.94. The summed E-state index contributed by atoms with van der Waals surface area (Å²) in [7, 11) is 0. The Balaban J connectivity index is 1.27. The zero-order valence-corrected chi connectivity index (χ0v) is 57.7. The van der Waals surface area contributed by atoms with Crippen molar-refractivity contribution in [2.75, 3.05) is 33.0 Å². The number of hydrogen-bond acceptors (Lipinski definition) is 23. The van der Waals surface area contributed by atoms with Crippen molar-refractivity contribution < 1.29 is 114 Å². The van der Waals surface area contributed by atoms with E-state index in [9.17, 15) is 76.0 Å². The number of hydrogen-bond donors (Lipinski definition) is 15. The van der Waals surface area contributed by atoms with Crippen LogP contribution in [-0.4, -0.2) is 246 Å². The molecule has 0 radical (unpaired) electrons. The maximum Gasteiger partial charge on any atom is 0.220 e. The molecular weight excluding hydrogens is 1240 g/mol. The van der Waals surface area contributed by atoms with E-state index in [4.69, 9.17) is 37.9 Å². The molecule has 2 amide bonds. The van der Waals surface area contributed by atoms with Gasteiger partial charge in [-0.3, -0.25) is 9.59 Å². The van der Waals surface area contributed by atoms with Gasteiger partial charge in [0.05, 0.1) is 45.2 Å². The predicted octanol–water partition coefficient (Wildman–Crippen LogP) is 4.90. The van der Waals surface area contributed by atoms with Gasteiger partial charge in [-0.2, -0.15) is 0 Å². The zero-order valence-electron chi connectivity index (χ0n) is 57.7. The van der Waals surface area contributed by atoms with Gasteiger partial charge in [0.25, 0.3) is 0 Å². The SMILES string of the molecule is CCCCCCCCCCCCC/C=C/C(O)C(COC1O[C@H](CO)[C@@H](O[C@H]2O[C@H](CO)[C@H](O[C@H]3O[C@H](CO)[C@@H](O[C@H]4O[C@H](CO)[C@H](O)[C@H](O)[C@H]4O)[C@H](O)[C@H]3NC(C)=O)[C@H](O)[C@H]2O)[C@H](O)[C@H]1O)NC(=O)CCCCCCCCCCCCCCCCCCCCCCCCC. The molecular formula is C70H130N2O23. The van der Waals surface area contributed by atoms with E-state index < -0.39 is 167 Å². The van der Waals surface area contributed by atoms with E-state index in [1.54, 1.807) is 6.08 Å². The van der Waals surface area contributed by atoms with Crippen molar-refractivity contribution in [1.82, 2.24) is 10.6 Å². The van der Waals surface area contributed by atoms with Crippen LogP contribution in [0.25, 0.3) is 0 Å². The standard InChI is InChI=1S/C70H130N2O23/c1-4-6-8-10-12-14-16-18-19-20-21-22-23-24-25-26-27-29-31-33-35-37-39-41-54(79)72-48(49(78)40-38-36-34-32-30-28-17-15-13-11-9-7-5-2)46-88-68-62(86)59(83)66(52(44-75)91-68)95-70-63(87)60(84)65(53(45-76)92-70)93-67-55(71-47(3)77)57(81)64(51(43-74)90-67)94-69-61(85)58(82)56(80)50(42-73)89-69/h38,40,48-53,55-70,73-76,78,80-87H,4-37,39,41-46H2,1-3H3,(H,71,77)(H,72,79)/b40-38+/t48?,49?,50-,51-,52-,53-,55-,56+,57-,58+,59-,60-,61-,62-,63-,64-,65+,66-,67-,68?,69-,70-/m1/s1. The molecule has 0 bridgehead atoms. The summed E-state index contributed by atoms with van der Waals surface area (Å²) in [5.74, 6) is -1.05. The molecule has 558 valence electrons. The normalized spacial score (nSPS) is 32.0. The van der Waals surface area contributed by atoms with E-state index >= 15 is 0 Å². The third kappa shape index (κ3) is 30.9. The molecule has 4 saturated heterocycles. The summed E-state index contributed by atoms with van der Waals surface area (Å²) in [4.78, 5) is 25.9. The maximum atomic E-state index is 13.5. The first kappa shape index (κ1) is 85.3. The summed E-state index contributed by atoms with van der Waals surface area (Å²) in [6.07, 6.45) is 11.8.